The Labute approximate surface area is 53.5 Å². The summed E-state index contributed by atoms with van der Waals surface area (Å²) in [5.74, 6) is -0.712. The van der Waals surface area contributed by atoms with Gasteiger partial charge < -0.3 is 5.73 Å². The number of ketones is 1. The quantitative estimate of drug-likeness (QED) is 0.531. The number of carbonyl (C=O) groups excluding carboxylic acids is 2. The molecule has 0 unspecified atom stereocenters. The molecule has 0 aliphatic rings. The number of amides is 1. The molecule has 1 amide bonds. The summed E-state index contributed by atoms with van der Waals surface area (Å²) in [6.45, 7) is 2.93. The molecule has 0 aliphatic heterocycles. The van der Waals surface area contributed by atoms with Crippen LogP contribution in [0.25, 0.3) is 0 Å². The van der Waals surface area contributed by atoms with Gasteiger partial charge in [0.1, 0.15) is 0 Å². The molecule has 0 heterocycles. The van der Waals surface area contributed by atoms with Crippen molar-refractivity contribution in [1.29, 1.82) is 0 Å². The monoisotopic (exact) mass is 127 g/mol. The molecule has 0 spiro atoms. The van der Waals surface area contributed by atoms with E-state index in [-0.39, 0.29) is 5.78 Å². The lowest BCUT2D eigenvalue weighted by Crippen LogP contribution is -2.08. The molecule has 9 heavy (non-hydrogen) atoms. The van der Waals surface area contributed by atoms with E-state index >= 15 is 0 Å². The van der Waals surface area contributed by atoms with Gasteiger partial charge in [-0.25, -0.2) is 0 Å². The first-order chi connectivity index (χ1) is 4.04. The molecule has 2 N–H and O–H groups in total. The Balaban J connectivity index is 4.17. The van der Waals surface area contributed by atoms with Gasteiger partial charge in [0, 0.05) is 6.08 Å². The van der Waals surface area contributed by atoms with E-state index in [1.165, 1.54) is 6.92 Å². The lowest BCUT2D eigenvalue weighted by atomic mass is 10.2. The van der Waals surface area contributed by atoms with Crippen LogP contribution in [0.5, 0.6) is 0 Å². The Morgan fingerprint density at radius 2 is 1.78 bits per heavy atom. The number of Topliss-reactive ketones (excluding diaryl/α,β-unsaturated/α-hetero) is 1. The van der Waals surface area contributed by atoms with E-state index in [0.29, 0.717) is 5.57 Å². The molecule has 0 aliphatic carbocycles. The van der Waals surface area contributed by atoms with E-state index in [9.17, 15) is 9.59 Å². The maximum absolute atomic E-state index is 10.4. The average Bonchev–Trinajstić information content (AvgIpc) is 1.63. The van der Waals surface area contributed by atoms with Gasteiger partial charge in [-0.1, -0.05) is 0 Å². The third-order valence-corrected chi connectivity index (χ3v) is 0.914. The van der Waals surface area contributed by atoms with Gasteiger partial charge in [0.2, 0.25) is 5.91 Å². The van der Waals surface area contributed by atoms with Gasteiger partial charge in [0.15, 0.2) is 5.78 Å². The van der Waals surface area contributed by atoms with E-state index < -0.39 is 5.91 Å². The molecule has 0 aromatic carbocycles. The van der Waals surface area contributed by atoms with E-state index in [1.807, 2.05) is 0 Å². The molecule has 50 valence electrons. The summed E-state index contributed by atoms with van der Waals surface area (Å²) < 4.78 is 0. The minimum Gasteiger partial charge on any atom is -0.366 e. The van der Waals surface area contributed by atoms with Gasteiger partial charge in [0.05, 0.1) is 0 Å². The molecule has 0 fully saturated rings. The zero-order valence-corrected chi connectivity index (χ0v) is 5.47. The van der Waals surface area contributed by atoms with E-state index in [2.05, 4.69) is 0 Å². The van der Waals surface area contributed by atoms with Gasteiger partial charge in [-0.3, -0.25) is 9.59 Å². The topological polar surface area (TPSA) is 60.2 Å². The van der Waals surface area contributed by atoms with Crippen molar-refractivity contribution in [2.75, 3.05) is 0 Å². The van der Waals surface area contributed by atoms with Crippen LogP contribution in [0.15, 0.2) is 11.6 Å². The van der Waals surface area contributed by atoms with Gasteiger partial charge in [-0.2, -0.15) is 0 Å². The average molecular weight is 127 g/mol. The molecule has 0 radical (unpaired) electrons. The summed E-state index contributed by atoms with van der Waals surface area (Å²) in [6.07, 6.45) is 1.11. The maximum atomic E-state index is 10.4. The molecule has 3 nitrogen and oxygen atoms in total. The Kier molecular flexibility index (Phi) is 2.64. The van der Waals surface area contributed by atoms with E-state index in [4.69, 9.17) is 5.73 Å². The third kappa shape index (κ3) is 3.46. The number of hydrogen-bond acceptors (Lipinski definition) is 2. The summed E-state index contributed by atoms with van der Waals surface area (Å²) >= 11 is 0. The maximum Gasteiger partial charge on any atom is 0.241 e. The molecule has 0 aromatic heterocycles. The Morgan fingerprint density at radius 3 is 1.89 bits per heavy atom. The van der Waals surface area contributed by atoms with Crippen LogP contribution in [0.1, 0.15) is 13.8 Å². The number of hydrogen-bond donors (Lipinski definition) is 1. The van der Waals surface area contributed by atoms with E-state index in [0.717, 1.165) is 6.08 Å². The predicted molar refractivity (Wildman–Crippen MR) is 33.6 cm³/mol. The highest BCUT2D eigenvalue weighted by atomic mass is 16.1. The van der Waals surface area contributed by atoms with Gasteiger partial charge >= 0.3 is 0 Å². The highest BCUT2D eigenvalue weighted by molar-refractivity contribution is 5.99. The summed E-state index contributed by atoms with van der Waals surface area (Å²) in [4.78, 5) is 20.5. The van der Waals surface area contributed by atoms with Crippen LogP contribution in [0, 0.1) is 0 Å². The lowest BCUT2D eigenvalue weighted by molar-refractivity contribution is -0.116. The molecule has 0 atom stereocenters. The molecule has 0 aromatic rings. The fourth-order valence-corrected chi connectivity index (χ4v) is 0.315. The zero-order valence-electron chi connectivity index (χ0n) is 5.47. The molecule has 3 heteroatoms. The van der Waals surface area contributed by atoms with Crippen molar-refractivity contribution < 1.29 is 9.59 Å². The van der Waals surface area contributed by atoms with Crippen molar-refractivity contribution in [3.05, 3.63) is 11.6 Å². The van der Waals surface area contributed by atoms with Crippen molar-refractivity contribution in [3.8, 4) is 0 Å². The molecule has 0 rings (SSSR count). The van der Waals surface area contributed by atoms with E-state index in [1.54, 1.807) is 6.92 Å². The predicted octanol–water partition coefficient (Wildman–Crippen LogP) is 0.00700. The highest BCUT2D eigenvalue weighted by Crippen LogP contribution is 1.91. The standard InChI is InChI=1S/C6H9NO2/c1-4(5(2)8)3-6(7)9/h3H,1-2H3,(H2,7,9)/b4-3-. The van der Waals surface area contributed by atoms with Crippen LogP contribution < -0.4 is 5.73 Å². The number of rotatable bonds is 2. The second-order valence-corrected chi connectivity index (χ2v) is 1.79. The second-order valence-electron chi connectivity index (χ2n) is 1.79. The zero-order chi connectivity index (χ0) is 7.44. The number of primary amides is 1. The van der Waals surface area contributed by atoms with Crippen LogP contribution in [-0.4, -0.2) is 11.7 Å². The smallest absolute Gasteiger partial charge is 0.241 e. The Bertz CT molecular complexity index is 170. The van der Waals surface area contributed by atoms with Crippen molar-refractivity contribution in [1.82, 2.24) is 0 Å². The molecular formula is C6H9NO2. The summed E-state index contributed by atoms with van der Waals surface area (Å²) in [7, 11) is 0. The van der Waals surface area contributed by atoms with Gasteiger partial charge in [-0.05, 0) is 19.4 Å². The first kappa shape index (κ1) is 7.88. The van der Waals surface area contributed by atoms with Crippen LogP contribution >= 0.6 is 0 Å². The third-order valence-electron chi connectivity index (χ3n) is 0.914. The highest BCUT2D eigenvalue weighted by Gasteiger charge is 1.95. The Hall–Kier alpha value is -1.12. The molecule has 0 saturated heterocycles. The number of carbonyl (C=O) groups is 2. The molecular weight excluding hydrogens is 118 g/mol. The fraction of sp³-hybridized carbons (Fsp3) is 0.333. The minimum absolute atomic E-state index is 0.131. The van der Waals surface area contributed by atoms with Crippen molar-refractivity contribution in [2.24, 2.45) is 5.73 Å². The number of nitrogens with two attached hydrogens (primary N) is 1. The molecule has 0 saturated carbocycles. The van der Waals surface area contributed by atoms with Crippen LogP contribution in [0.4, 0.5) is 0 Å². The first-order valence-corrected chi connectivity index (χ1v) is 2.52. The summed E-state index contributed by atoms with van der Waals surface area (Å²) in [6, 6.07) is 0. The van der Waals surface area contributed by atoms with Crippen LogP contribution in [0.3, 0.4) is 0 Å². The van der Waals surface area contributed by atoms with Gasteiger partial charge in [0.25, 0.3) is 0 Å². The normalized spacial score (nSPS) is 11.1. The van der Waals surface area contributed by atoms with Crippen molar-refractivity contribution in [3.63, 3.8) is 0 Å². The molecule has 0 bridgehead atoms. The minimum atomic E-state index is -0.581. The van der Waals surface area contributed by atoms with Crippen LogP contribution in [-0.2, 0) is 9.59 Å². The largest absolute Gasteiger partial charge is 0.366 e. The fourth-order valence-electron chi connectivity index (χ4n) is 0.315. The summed E-state index contributed by atoms with van der Waals surface area (Å²) in [5.41, 5.74) is 5.15. The Morgan fingerprint density at radius 1 is 1.33 bits per heavy atom. The first-order valence-electron chi connectivity index (χ1n) is 2.52. The second kappa shape index (κ2) is 3.02. The van der Waals surface area contributed by atoms with Crippen molar-refractivity contribution in [2.45, 2.75) is 13.8 Å². The summed E-state index contributed by atoms with van der Waals surface area (Å²) in [5, 5.41) is 0. The van der Waals surface area contributed by atoms with Gasteiger partial charge in [-0.15, -0.1) is 0 Å². The van der Waals surface area contributed by atoms with Crippen LogP contribution in [0.2, 0.25) is 0 Å². The number of allylic oxidation sites excluding steroid dienone is 1. The lowest BCUT2D eigenvalue weighted by Gasteiger charge is -1.88. The SMILES string of the molecule is CC(=O)/C(C)=C\C(N)=O. The van der Waals surface area contributed by atoms with Crippen molar-refractivity contribution >= 4 is 11.7 Å².